The van der Waals surface area contributed by atoms with Crippen LogP contribution in [0.3, 0.4) is 0 Å². The molecule has 2 atom stereocenters. The molecule has 1 amide bonds. The van der Waals surface area contributed by atoms with Crippen molar-refractivity contribution < 1.29 is 19.4 Å². The lowest BCUT2D eigenvalue weighted by Gasteiger charge is -2.21. The first-order valence-electron chi connectivity index (χ1n) is 6.01. The summed E-state index contributed by atoms with van der Waals surface area (Å²) in [5.41, 5.74) is -0.721. The number of ether oxygens (including phenoxy) is 1. The van der Waals surface area contributed by atoms with Gasteiger partial charge in [-0.15, -0.1) is 5.10 Å². The van der Waals surface area contributed by atoms with E-state index in [1.807, 2.05) is 0 Å². The van der Waals surface area contributed by atoms with Crippen molar-refractivity contribution >= 4 is 11.9 Å². The van der Waals surface area contributed by atoms with Gasteiger partial charge in [-0.3, -0.25) is 9.59 Å². The van der Waals surface area contributed by atoms with Crippen LogP contribution in [0, 0.1) is 11.3 Å². The number of aliphatic carboxylic acids is 1. The Bertz CT molecular complexity index is 521. The number of carboxylic acid groups (broad SMARTS) is 1. The van der Waals surface area contributed by atoms with Crippen molar-refractivity contribution in [3.8, 4) is 0 Å². The molecule has 2 aliphatic rings. The molecule has 2 saturated heterocycles. The van der Waals surface area contributed by atoms with E-state index in [1.165, 1.54) is 11.1 Å². The predicted molar refractivity (Wildman–Crippen MR) is 62.3 cm³/mol. The summed E-state index contributed by atoms with van der Waals surface area (Å²) in [4.78, 5) is 25.2. The van der Waals surface area contributed by atoms with Crippen molar-refractivity contribution in [2.75, 3.05) is 26.3 Å². The highest BCUT2D eigenvalue weighted by molar-refractivity contribution is 5.93. The smallest absolute Gasteiger partial charge is 0.314 e. The first-order valence-corrected chi connectivity index (χ1v) is 6.01. The van der Waals surface area contributed by atoms with Gasteiger partial charge >= 0.3 is 5.97 Å². The van der Waals surface area contributed by atoms with Crippen molar-refractivity contribution in [3.63, 3.8) is 0 Å². The molecule has 0 aromatic carbocycles. The molecule has 0 spiro atoms. The third-order valence-corrected chi connectivity index (χ3v) is 3.88. The van der Waals surface area contributed by atoms with E-state index >= 15 is 0 Å². The molecule has 100 valence electrons. The summed E-state index contributed by atoms with van der Waals surface area (Å²) in [6.45, 7) is 1.11. The molecular weight excluding hydrogens is 250 g/mol. The number of hydrogen-bond donors (Lipinski definition) is 1. The van der Waals surface area contributed by atoms with Gasteiger partial charge in [0, 0.05) is 25.2 Å². The second kappa shape index (κ2) is 4.27. The standard InChI is InChI=1S/C12H13N3O4/c16-10(9-2-1-3-13-14-9)15-4-8-5-19-7-12(8,6-15)11(17)18/h1-3,8H,4-7H2,(H,17,18)/t8-,12-/m1/s1. The first kappa shape index (κ1) is 12.0. The highest BCUT2D eigenvalue weighted by Crippen LogP contribution is 2.41. The second-order valence-corrected chi connectivity index (χ2v) is 4.97. The third-order valence-electron chi connectivity index (χ3n) is 3.88. The number of amides is 1. The van der Waals surface area contributed by atoms with Crippen molar-refractivity contribution in [2.24, 2.45) is 11.3 Å². The van der Waals surface area contributed by atoms with Gasteiger partial charge in [0.25, 0.3) is 5.91 Å². The molecular formula is C12H13N3O4. The minimum Gasteiger partial charge on any atom is -0.481 e. The lowest BCUT2D eigenvalue weighted by atomic mass is 9.81. The van der Waals surface area contributed by atoms with Crippen LogP contribution in [0.25, 0.3) is 0 Å². The van der Waals surface area contributed by atoms with E-state index in [9.17, 15) is 14.7 Å². The Morgan fingerprint density at radius 3 is 3.00 bits per heavy atom. The molecule has 3 rings (SSSR count). The van der Waals surface area contributed by atoms with Crippen LogP contribution in [0.2, 0.25) is 0 Å². The molecule has 19 heavy (non-hydrogen) atoms. The quantitative estimate of drug-likeness (QED) is 0.784. The molecule has 7 nitrogen and oxygen atoms in total. The summed E-state index contributed by atoms with van der Waals surface area (Å²) < 4.78 is 5.26. The van der Waals surface area contributed by atoms with Crippen LogP contribution in [0.4, 0.5) is 0 Å². The van der Waals surface area contributed by atoms with Gasteiger partial charge in [0.05, 0.1) is 13.2 Å². The molecule has 3 heterocycles. The summed E-state index contributed by atoms with van der Waals surface area (Å²) >= 11 is 0. The summed E-state index contributed by atoms with van der Waals surface area (Å²) in [5, 5.41) is 16.8. The molecule has 7 heteroatoms. The minimum absolute atomic E-state index is 0.148. The van der Waals surface area contributed by atoms with Gasteiger partial charge in [0.1, 0.15) is 5.41 Å². The van der Waals surface area contributed by atoms with E-state index in [4.69, 9.17) is 4.74 Å². The normalized spacial score (nSPS) is 29.3. The zero-order valence-electron chi connectivity index (χ0n) is 10.2. The first-order chi connectivity index (χ1) is 9.13. The second-order valence-electron chi connectivity index (χ2n) is 4.97. The average Bonchev–Trinajstić information content (AvgIpc) is 2.96. The lowest BCUT2D eigenvalue weighted by Crippen LogP contribution is -2.40. The number of carboxylic acids is 1. The molecule has 1 aromatic rings. The molecule has 1 N–H and O–H groups in total. The van der Waals surface area contributed by atoms with E-state index in [1.54, 1.807) is 12.1 Å². The Hall–Kier alpha value is -2.02. The van der Waals surface area contributed by atoms with Crippen molar-refractivity contribution in [2.45, 2.75) is 0 Å². The van der Waals surface area contributed by atoms with Crippen LogP contribution < -0.4 is 0 Å². The molecule has 0 aliphatic carbocycles. The van der Waals surface area contributed by atoms with Gasteiger partial charge in [0.2, 0.25) is 0 Å². The van der Waals surface area contributed by atoms with Crippen LogP contribution in [-0.2, 0) is 9.53 Å². The van der Waals surface area contributed by atoms with Crippen molar-refractivity contribution in [1.82, 2.24) is 15.1 Å². The number of hydrogen-bond acceptors (Lipinski definition) is 5. The largest absolute Gasteiger partial charge is 0.481 e. The summed E-state index contributed by atoms with van der Waals surface area (Å²) in [5.74, 6) is -1.32. The van der Waals surface area contributed by atoms with Crippen LogP contribution >= 0.6 is 0 Å². The van der Waals surface area contributed by atoms with E-state index in [0.717, 1.165) is 0 Å². The molecule has 1 aromatic heterocycles. The van der Waals surface area contributed by atoms with Gasteiger partial charge in [-0.05, 0) is 12.1 Å². The Morgan fingerprint density at radius 2 is 2.37 bits per heavy atom. The molecule has 2 aliphatic heterocycles. The van der Waals surface area contributed by atoms with Crippen LogP contribution in [0.15, 0.2) is 18.3 Å². The molecule has 0 saturated carbocycles. The topological polar surface area (TPSA) is 92.6 Å². The highest BCUT2D eigenvalue weighted by atomic mass is 16.5. The van der Waals surface area contributed by atoms with Gasteiger partial charge in [-0.1, -0.05) is 0 Å². The van der Waals surface area contributed by atoms with E-state index in [-0.39, 0.29) is 30.7 Å². The van der Waals surface area contributed by atoms with E-state index < -0.39 is 11.4 Å². The summed E-state index contributed by atoms with van der Waals surface area (Å²) in [7, 11) is 0. The SMILES string of the molecule is O=C(c1cccnn1)N1C[C@@H]2COC[C@]2(C(=O)O)C1. The Morgan fingerprint density at radius 1 is 1.53 bits per heavy atom. The maximum Gasteiger partial charge on any atom is 0.314 e. The Kier molecular flexibility index (Phi) is 2.70. The number of carbonyl (C=O) groups is 2. The predicted octanol–water partition coefficient (Wildman–Crippen LogP) is -0.350. The Labute approximate surface area is 109 Å². The fourth-order valence-electron chi connectivity index (χ4n) is 2.77. The summed E-state index contributed by atoms with van der Waals surface area (Å²) in [6, 6.07) is 3.21. The monoisotopic (exact) mass is 263 g/mol. The van der Waals surface area contributed by atoms with Gasteiger partial charge in [-0.2, -0.15) is 5.10 Å². The average molecular weight is 263 g/mol. The number of rotatable bonds is 2. The van der Waals surface area contributed by atoms with Crippen molar-refractivity contribution in [1.29, 1.82) is 0 Å². The van der Waals surface area contributed by atoms with Gasteiger partial charge < -0.3 is 14.7 Å². The number of carbonyl (C=O) groups excluding carboxylic acids is 1. The lowest BCUT2D eigenvalue weighted by molar-refractivity contribution is -0.149. The number of likely N-dealkylation sites (tertiary alicyclic amines) is 1. The van der Waals surface area contributed by atoms with Crippen LogP contribution in [0.1, 0.15) is 10.5 Å². The molecule has 2 fully saturated rings. The summed E-state index contributed by atoms with van der Waals surface area (Å²) in [6.07, 6.45) is 1.49. The van der Waals surface area contributed by atoms with Crippen LogP contribution in [-0.4, -0.2) is 58.4 Å². The molecule has 0 bridgehead atoms. The highest BCUT2D eigenvalue weighted by Gasteiger charge is 2.57. The molecule has 0 unspecified atom stereocenters. The van der Waals surface area contributed by atoms with Crippen LogP contribution in [0.5, 0.6) is 0 Å². The maximum atomic E-state index is 12.2. The maximum absolute atomic E-state index is 12.2. The number of nitrogens with zero attached hydrogens (tertiary/aromatic N) is 3. The third kappa shape index (κ3) is 1.77. The fourth-order valence-corrected chi connectivity index (χ4v) is 2.77. The number of aromatic nitrogens is 2. The van der Waals surface area contributed by atoms with Crippen molar-refractivity contribution in [3.05, 3.63) is 24.0 Å². The minimum atomic E-state index is -0.960. The number of fused-ring (bicyclic) bond motifs is 1. The van der Waals surface area contributed by atoms with E-state index in [0.29, 0.717) is 13.2 Å². The van der Waals surface area contributed by atoms with Gasteiger partial charge in [0.15, 0.2) is 5.69 Å². The zero-order valence-corrected chi connectivity index (χ0v) is 10.2. The fraction of sp³-hybridized carbons (Fsp3) is 0.500. The van der Waals surface area contributed by atoms with E-state index in [2.05, 4.69) is 10.2 Å². The Balaban J connectivity index is 1.83. The zero-order chi connectivity index (χ0) is 13.5. The van der Waals surface area contributed by atoms with Gasteiger partial charge in [-0.25, -0.2) is 0 Å². The molecule has 0 radical (unpaired) electrons.